The van der Waals surface area contributed by atoms with Crippen molar-refractivity contribution >= 4 is 30.6 Å². The van der Waals surface area contributed by atoms with E-state index in [0.29, 0.717) is 13.2 Å². The van der Waals surface area contributed by atoms with Gasteiger partial charge in [-0.3, -0.25) is 9.59 Å². The summed E-state index contributed by atoms with van der Waals surface area (Å²) in [7, 11) is -2.79. The van der Waals surface area contributed by atoms with Crippen molar-refractivity contribution in [1.29, 1.82) is 0 Å². The molecule has 1 heterocycles. The highest BCUT2D eigenvalue weighted by Crippen LogP contribution is 2.39. The van der Waals surface area contributed by atoms with E-state index in [0.717, 1.165) is 5.56 Å². The SMILES string of the molecule is CCOC(=O)CC1C(c2ccccc2)C(=O)N[C@@H]1CO[Si](c1ccccc1)(c1ccccc1)C(C)(C)C. The van der Waals surface area contributed by atoms with Gasteiger partial charge in [0.05, 0.1) is 31.6 Å². The Morgan fingerprint density at radius 2 is 1.38 bits per heavy atom. The second-order valence-electron chi connectivity index (χ2n) is 10.7. The highest BCUT2D eigenvalue weighted by Gasteiger charge is 2.52. The van der Waals surface area contributed by atoms with Crippen LogP contribution in [0.15, 0.2) is 91.0 Å². The molecule has 194 valence electrons. The monoisotopic (exact) mass is 515 g/mol. The molecular weight excluding hydrogens is 478 g/mol. The van der Waals surface area contributed by atoms with Crippen LogP contribution >= 0.6 is 0 Å². The smallest absolute Gasteiger partial charge is 0.306 e. The first-order valence-corrected chi connectivity index (χ1v) is 14.9. The van der Waals surface area contributed by atoms with Crippen molar-refractivity contribution in [1.82, 2.24) is 5.32 Å². The molecule has 1 N–H and O–H groups in total. The van der Waals surface area contributed by atoms with Gasteiger partial charge in [0.1, 0.15) is 0 Å². The number of carbonyl (C=O) groups is 2. The molecule has 1 fully saturated rings. The van der Waals surface area contributed by atoms with Crippen LogP contribution in [-0.2, 0) is 18.8 Å². The molecule has 0 saturated carbocycles. The summed E-state index contributed by atoms with van der Waals surface area (Å²) in [6.45, 7) is 9.12. The van der Waals surface area contributed by atoms with E-state index in [9.17, 15) is 9.59 Å². The van der Waals surface area contributed by atoms with Crippen LogP contribution in [0.3, 0.4) is 0 Å². The van der Waals surface area contributed by atoms with Gasteiger partial charge in [-0.05, 0) is 27.9 Å². The Bertz CT molecular complexity index is 1140. The summed E-state index contributed by atoms with van der Waals surface area (Å²) in [5.74, 6) is -1.07. The van der Waals surface area contributed by atoms with Gasteiger partial charge in [0.2, 0.25) is 5.91 Å². The van der Waals surface area contributed by atoms with E-state index < -0.39 is 14.2 Å². The quantitative estimate of drug-likeness (QED) is 0.339. The number of rotatable bonds is 9. The average Bonchev–Trinajstić information content (AvgIpc) is 3.20. The van der Waals surface area contributed by atoms with E-state index in [1.165, 1.54) is 10.4 Å². The number of nitrogens with one attached hydrogen (secondary N) is 1. The molecule has 1 aliphatic heterocycles. The Kier molecular flexibility index (Phi) is 8.30. The maximum atomic E-state index is 13.3. The van der Waals surface area contributed by atoms with Gasteiger partial charge in [-0.1, -0.05) is 112 Å². The number of ether oxygens (including phenoxy) is 1. The van der Waals surface area contributed by atoms with E-state index in [4.69, 9.17) is 9.16 Å². The predicted octanol–water partition coefficient (Wildman–Crippen LogP) is 4.41. The van der Waals surface area contributed by atoms with E-state index in [1.54, 1.807) is 6.92 Å². The average molecular weight is 516 g/mol. The molecule has 1 aliphatic rings. The lowest BCUT2D eigenvalue weighted by molar-refractivity contribution is -0.144. The zero-order chi connectivity index (χ0) is 26.5. The molecule has 1 amide bonds. The molecule has 2 unspecified atom stereocenters. The second-order valence-corrected chi connectivity index (χ2v) is 15.0. The third kappa shape index (κ3) is 5.55. The zero-order valence-corrected chi connectivity index (χ0v) is 23.1. The summed E-state index contributed by atoms with van der Waals surface area (Å²) < 4.78 is 12.4. The Morgan fingerprint density at radius 3 is 1.86 bits per heavy atom. The lowest BCUT2D eigenvalue weighted by Gasteiger charge is -2.43. The normalized spacial score (nSPS) is 19.9. The van der Waals surface area contributed by atoms with Crippen LogP contribution in [0.2, 0.25) is 5.04 Å². The summed E-state index contributed by atoms with van der Waals surface area (Å²) in [5, 5.41) is 5.35. The first-order valence-electron chi connectivity index (χ1n) is 13.0. The first kappa shape index (κ1) is 26.8. The van der Waals surface area contributed by atoms with Crippen LogP contribution in [0, 0.1) is 5.92 Å². The summed E-state index contributed by atoms with van der Waals surface area (Å²) in [6.07, 6.45) is 0.154. The summed E-state index contributed by atoms with van der Waals surface area (Å²) in [5.41, 5.74) is 0.905. The van der Waals surface area contributed by atoms with Gasteiger partial charge < -0.3 is 14.5 Å². The van der Waals surface area contributed by atoms with Gasteiger partial charge >= 0.3 is 5.97 Å². The van der Waals surface area contributed by atoms with Gasteiger partial charge in [0.25, 0.3) is 8.32 Å². The van der Waals surface area contributed by atoms with Gasteiger partial charge in [0.15, 0.2) is 0 Å². The molecule has 0 radical (unpaired) electrons. The van der Waals surface area contributed by atoms with Gasteiger partial charge in [0, 0.05) is 5.92 Å². The fourth-order valence-corrected chi connectivity index (χ4v) is 10.3. The van der Waals surface area contributed by atoms with Crippen molar-refractivity contribution in [3.8, 4) is 0 Å². The lowest BCUT2D eigenvalue weighted by Crippen LogP contribution is -2.67. The van der Waals surface area contributed by atoms with Crippen LogP contribution in [0.4, 0.5) is 0 Å². The second kappa shape index (κ2) is 11.4. The lowest BCUT2D eigenvalue weighted by atomic mass is 9.83. The Balaban J connectivity index is 1.72. The number of amides is 1. The maximum Gasteiger partial charge on any atom is 0.306 e. The van der Waals surface area contributed by atoms with Crippen LogP contribution in [0.25, 0.3) is 0 Å². The summed E-state index contributed by atoms with van der Waals surface area (Å²) in [6, 6.07) is 30.3. The van der Waals surface area contributed by atoms with Gasteiger partial charge in [-0.2, -0.15) is 0 Å². The Hall–Kier alpha value is -3.22. The number of hydrogen-bond acceptors (Lipinski definition) is 4. The van der Waals surface area contributed by atoms with Crippen LogP contribution < -0.4 is 15.7 Å². The Labute approximate surface area is 221 Å². The Morgan fingerprint density at radius 1 is 0.865 bits per heavy atom. The summed E-state index contributed by atoms with van der Waals surface area (Å²) in [4.78, 5) is 25.9. The number of esters is 1. The number of benzene rings is 3. The standard InChI is InChI=1S/C31H37NO4Si/c1-5-35-28(33)21-26-27(32-30(34)29(26)23-15-9-6-10-16-23)22-36-37(31(2,3)4,24-17-11-7-12-18-24)25-19-13-8-14-20-25/h6-20,26-27,29H,5,21-22H2,1-4H3,(H,32,34)/t26?,27-,29?/m1/s1. The fraction of sp³-hybridized carbons (Fsp3) is 0.355. The number of hydrogen-bond donors (Lipinski definition) is 1. The molecule has 5 nitrogen and oxygen atoms in total. The minimum Gasteiger partial charge on any atom is -0.466 e. The van der Waals surface area contributed by atoms with E-state index in [-0.39, 0.29) is 35.3 Å². The largest absolute Gasteiger partial charge is 0.466 e. The molecule has 3 atom stereocenters. The molecular formula is C31H37NO4Si. The molecule has 0 bridgehead atoms. The summed E-state index contributed by atoms with van der Waals surface area (Å²) >= 11 is 0. The molecule has 37 heavy (non-hydrogen) atoms. The molecule has 6 heteroatoms. The van der Waals surface area contributed by atoms with Crippen LogP contribution in [0.1, 0.15) is 45.6 Å². The van der Waals surface area contributed by atoms with Gasteiger partial charge in [-0.25, -0.2) is 0 Å². The zero-order valence-electron chi connectivity index (χ0n) is 22.1. The van der Waals surface area contributed by atoms with Crippen molar-refractivity contribution in [3.63, 3.8) is 0 Å². The van der Waals surface area contributed by atoms with Crippen molar-refractivity contribution < 1.29 is 18.8 Å². The maximum absolute atomic E-state index is 13.3. The predicted molar refractivity (Wildman–Crippen MR) is 149 cm³/mol. The third-order valence-electron chi connectivity index (χ3n) is 7.32. The highest BCUT2D eigenvalue weighted by atomic mass is 28.4. The molecule has 0 spiro atoms. The molecule has 3 aromatic carbocycles. The van der Waals surface area contributed by atoms with Crippen molar-refractivity contribution in [2.45, 2.75) is 51.1 Å². The first-order chi connectivity index (χ1) is 17.8. The minimum atomic E-state index is -2.79. The van der Waals surface area contributed by atoms with Crippen molar-refractivity contribution in [2.24, 2.45) is 5.92 Å². The third-order valence-corrected chi connectivity index (χ3v) is 12.3. The highest BCUT2D eigenvalue weighted by molar-refractivity contribution is 6.99. The topological polar surface area (TPSA) is 64.6 Å². The van der Waals surface area contributed by atoms with Gasteiger partial charge in [-0.15, -0.1) is 0 Å². The molecule has 1 saturated heterocycles. The number of carbonyl (C=O) groups excluding carboxylic acids is 2. The fourth-order valence-electron chi connectivity index (χ4n) is 5.68. The van der Waals surface area contributed by atoms with E-state index in [1.807, 2.05) is 42.5 Å². The van der Waals surface area contributed by atoms with Crippen LogP contribution in [0.5, 0.6) is 0 Å². The van der Waals surface area contributed by atoms with Crippen molar-refractivity contribution in [2.75, 3.05) is 13.2 Å². The molecule has 0 aromatic heterocycles. The van der Waals surface area contributed by atoms with E-state index >= 15 is 0 Å². The molecule has 0 aliphatic carbocycles. The minimum absolute atomic E-state index is 0.0726. The van der Waals surface area contributed by atoms with Crippen molar-refractivity contribution in [3.05, 3.63) is 96.6 Å². The molecule has 4 rings (SSSR count). The van der Waals surface area contributed by atoms with E-state index in [2.05, 4.69) is 74.6 Å². The van der Waals surface area contributed by atoms with Crippen LogP contribution in [-0.4, -0.2) is 39.4 Å². The molecule has 3 aromatic rings.